The Morgan fingerprint density at radius 2 is 2.00 bits per heavy atom. The van der Waals surface area contributed by atoms with E-state index in [1.807, 2.05) is 0 Å². The molecule has 0 aliphatic heterocycles. The largest absolute Gasteiger partial charge is 0.481 e. The zero-order valence-electron chi connectivity index (χ0n) is 12.2. The number of hydrogen-bond donors (Lipinski definition) is 2. The van der Waals surface area contributed by atoms with Crippen LogP contribution in [-0.4, -0.2) is 39.1 Å². The van der Waals surface area contributed by atoms with Crippen molar-refractivity contribution >= 4 is 43.4 Å². The molecule has 1 aromatic carbocycles. The molecule has 0 radical (unpaired) electrons. The number of sulfonamides is 1. The van der Waals surface area contributed by atoms with E-state index in [9.17, 15) is 18.0 Å². The lowest BCUT2D eigenvalue weighted by atomic mass is 10.2. The van der Waals surface area contributed by atoms with E-state index >= 15 is 0 Å². The molecule has 0 atom stereocenters. The van der Waals surface area contributed by atoms with Gasteiger partial charge >= 0.3 is 11.9 Å². The normalized spacial score (nSPS) is 11.5. The maximum atomic E-state index is 12.5. The molecule has 7 nitrogen and oxygen atoms in total. The number of ether oxygens (including phenoxy) is 1. The number of benzene rings is 1. The molecule has 0 aliphatic rings. The number of carbonyl (C=O) groups excluding carboxylic acids is 1. The first-order valence-corrected chi connectivity index (χ1v) is 8.98. The van der Waals surface area contributed by atoms with Gasteiger partial charge in [-0.25, -0.2) is 17.9 Å². The molecular weight excluding hydrogens is 342 g/mol. The van der Waals surface area contributed by atoms with E-state index in [0.717, 1.165) is 11.3 Å². The third-order valence-corrected chi connectivity index (χ3v) is 5.87. The SMILES string of the molecule is COC(=O)c1sc2ccccc2c1S(=O)(=O)NCCCC(=O)O. The zero-order chi connectivity index (χ0) is 17.0. The fourth-order valence-corrected chi connectivity index (χ4v) is 4.92. The summed E-state index contributed by atoms with van der Waals surface area (Å²) in [6, 6.07) is 6.76. The average Bonchev–Trinajstić information content (AvgIpc) is 2.91. The third-order valence-electron chi connectivity index (χ3n) is 3.05. The van der Waals surface area contributed by atoms with Crippen LogP contribution in [0.1, 0.15) is 22.5 Å². The number of carboxylic acids is 1. The lowest BCUT2D eigenvalue weighted by molar-refractivity contribution is -0.137. The number of hydrogen-bond acceptors (Lipinski definition) is 6. The highest BCUT2D eigenvalue weighted by atomic mass is 32.2. The summed E-state index contributed by atoms with van der Waals surface area (Å²) < 4.78 is 32.7. The molecule has 0 fully saturated rings. The lowest BCUT2D eigenvalue weighted by Gasteiger charge is -2.07. The van der Waals surface area contributed by atoms with Crippen LogP contribution in [0.3, 0.4) is 0 Å². The van der Waals surface area contributed by atoms with Crippen molar-refractivity contribution in [2.75, 3.05) is 13.7 Å². The molecule has 9 heteroatoms. The number of carboxylic acid groups (broad SMARTS) is 1. The number of fused-ring (bicyclic) bond motifs is 1. The molecule has 1 heterocycles. The molecule has 0 spiro atoms. The van der Waals surface area contributed by atoms with E-state index in [4.69, 9.17) is 5.11 Å². The fraction of sp³-hybridized carbons (Fsp3) is 0.286. The van der Waals surface area contributed by atoms with Crippen LogP contribution in [0.25, 0.3) is 10.1 Å². The summed E-state index contributed by atoms with van der Waals surface area (Å²) in [7, 11) is -2.78. The summed E-state index contributed by atoms with van der Waals surface area (Å²) >= 11 is 1.04. The van der Waals surface area contributed by atoms with Gasteiger partial charge in [-0.05, 0) is 12.5 Å². The van der Waals surface area contributed by atoms with Gasteiger partial charge in [-0.3, -0.25) is 4.79 Å². The highest BCUT2D eigenvalue weighted by Gasteiger charge is 2.28. The molecule has 124 valence electrons. The fourth-order valence-electron chi connectivity index (χ4n) is 2.03. The van der Waals surface area contributed by atoms with Crippen molar-refractivity contribution in [3.8, 4) is 0 Å². The van der Waals surface area contributed by atoms with E-state index in [1.54, 1.807) is 24.3 Å². The molecule has 0 saturated carbocycles. The monoisotopic (exact) mass is 357 g/mol. The molecule has 2 aromatic rings. The van der Waals surface area contributed by atoms with E-state index in [-0.39, 0.29) is 29.2 Å². The maximum Gasteiger partial charge on any atom is 0.349 e. The molecule has 2 rings (SSSR count). The Morgan fingerprint density at radius 3 is 2.65 bits per heavy atom. The van der Waals surface area contributed by atoms with Crippen LogP contribution >= 0.6 is 11.3 Å². The van der Waals surface area contributed by atoms with Crippen LogP contribution in [-0.2, 0) is 19.6 Å². The van der Waals surface area contributed by atoms with Crippen molar-refractivity contribution in [3.63, 3.8) is 0 Å². The van der Waals surface area contributed by atoms with E-state index in [2.05, 4.69) is 9.46 Å². The predicted molar refractivity (Wildman–Crippen MR) is 85.2 cm³/mol. The number of thiophene rings is 1. The summed E-state index contributed by atoms with van der Waals surface area (Å²) in [4.78, 5) is 22.2. The van der Waals surface area contributed by atoms with E-state index in [1.165, 1.54) is 7.11 Å². The Bertz CT molecular complexity index is 840. The quantitative estimate of drug-likeness (QED) is 0.578. The van der Waals surface area contributed by atoms with Crippen molar-refractivity contribution < 1.29 is 27.9 Å². The van der Waals surface area contributed by atoms with Crippen molar-refractivity contribution in [1.82, 2.24) is 4.72 Å². The van der Waals surface area contributed by atoms with Crippen molar-refractivity contribution in [2.24, 2.45) is 0 Å². The summed E-state index contributed by atoms with van der Waals surface area (Å²) in [5.41, 5.74) is 0. The topological polar surface area (TPSA) is 110 Å². The van der Waals surface area contributed by atoms with Crippen LogP contribution in [0.15, 0.2) is 29.2 Å². The van der Waals surface area contributed by atoms with Gasteiger partial charge in [0, 0.05) is 23.1 Å². The van der Waals surface area contributed by atoms with Gasteiger partial charge in [0.05, 0.1) is 7.11 Å². The minimum atomic E-state index is -3.96. The Labute approximate surface area is 136 Å². The Morgan fingerprint density at radius 1 is 1.30 bits per heavy atom. The van der Waals surface area contributed by atoms with Crippen LogP contribution < -0.4 is 4.72 Å². The Hall–Kier alpha value is -1.97. The van der Waals surface area contributed by atoms with Gasteiger partial charge in [0.25, 0.3) is 0 Å². The molecule has 0 unspecified atom stereocenters. The minimum Gasteiger partial charge on any atom is -0.481 e. The molecule has 23 heavy (non-hydrogen) atoms. The maximum absolute atomic E-state index is 12.5. The second kappa shape index (κ2) is 7.07. The number of methoxy groups -OCH3 is 1. The van der Waals surface area contributed by atoms with Crippen LogP contribution in [0.2, 0.25) is 0 Å². The molecule has 0 bridgehead atoms. The van der Waals surface area contributed by atoms with Gasteiger partial charge in [0.1, 0.15) is 9.77 Å². The first-order chi connectivity index (χ1) is 10.9. The van der Waals surface area contributed by atoms with Crippen molar-refractivity contribution in [1.29, 1.82) is 0 Å². The summed E-state index contributed by atoms with van der Waals surface area (Å²) in [6.45, 7) is -0.0284. The van der Waals surface area contributed by atoms with Gasteiger partial charge in [-0.15, -0.1) is 11.3 Å². The molecule has 1 aromatic heterocycles. The standard InChI is InChI=1S/C14H15NO6S2/c1-21-14(18)12-13(9-5-2-3-6-10(9)22-12)23(19,20)15-8-4-7-11(16)17/h2-3,5-6,15H,4,7-8H2,1H3,(H,16,17). The van der Waals surface area contributed by atoms with Crippen LogP contribution in [0.4, 0.5) is 0 Å². The summed E-state index contributed by atoms with van der Waals surface area (Å²) in [6.07, 6.45) is 0.0148. The smallest absolute Gasteiger partial charge is 0.349 e. The van der Waals surface area contributed by atoms with Gasteiger partial charge < -0.3 is 9.84 Å². The second-order valence-corrected chi connectivity index (χ2v) is 7.40. The Balaban J connectivity index is 2.39. The lowest BCUT2D eigenvalue weighted by Crippen LogP contribution is -2.26. The van der Waals surface area contributed by atoms with Gasteiger partial charge in [-0.2, -0.15) is 0 Å². The van der Waals surface area contributed by atoms with Crippen molar-refractivity contribution in [3.05, 3.63) is 29.1 Å². The van der Waals surface area contributed by atoms with Crippen molar-refractivity contribution in [2.45, 2.75) is 17.7 Å². The summed E-state index contributed by atoms with van der Waals surface area (Å²) in [5, 5.41) is 9.01. The highest BCUT2D eigenvalue weighted by Crippen LogP contribution is 2.35. The number of nitrogens with one attached hydrogen (secondary N) is 1. The van der Waals surface area contributed by atoms with Gasteiger partial charge in [0.2, 0.25) is 10.0 Å². The third kappa shape index (κ3) is 3.87. The Kier molecular flexibility index (Phi) is 5.34. The molecular formula is C14H15NO6S2. The van der Waals surface area contributed by atoms with E-state index < -0.39 is 22.0 Å². The number of esters is 1. The van der Waals surface area contributed by atoms with Gasteiger partial charge in [0.15, 0.2) is 0 Å². The minimum absolute atomic E-state index is 0.000524. The molecule has 0 saturated heterocycles. The molecule has 2 N–H and O–H groups in total. The van der Waals surface area contributed by atoms with Crippen LogP contribution in [0, 0.1) is 0 Å². The predicted octanol–water partition coefficient (Wildman–Crippen LogP) is 1.83. The van der Waals surface area contributed by atoms with E-state index in [0.29, 0.717) is 10.1 Å². The van der Waals surface area contributed by atoms with Gasteiger partial charge in [-0.1, -0.05) is 18.2 Å². The second-order valence-electron chi connectivity index (χ2n) is 4.64. The zero-order valence-corrected chi connectivity index (χ0v) is 13.9. The first kappa shape index (κ1) is 17.4. The average molecular weight is 357 g/mol. The molecule has 0 amide bonds. The first-order valence-electron chi connectivity index (χ1n) is 6.68. The number of aliphatic carboxylic acids is 1. The van der Waals surface area contributed by atoms with Crippen LogP contribution in [0.5, 0.6) is 0 Å². The molecule has 0 aliphatic carbocycles. The number of carbonyl (C=O) groups is 2. The number of rotatable bonds is 7. The summed E-state index contributed by atoms with van der Waals surface area (Å²) in [5.74, 6) is -1.72. The highest BCUT2D eigenvalue weighted by molar-refractivity contribution is 7.90.